The summed E-state index contributed by atoms with van der Waals surface area (Å²) in [6, 6.07) is 65.8. The van der Waals surface area contributed by atoms with Gasteiger partial charge in [-0.2, -0.15) is 5.26 Å². The van der Waals surface area contributed by atoms with E-state index in [1.807, 2.05) is 40.9 Å². The van der Waals surface area contributed by atoms with Crippen LogP contribution in [0.2, 0.25) is 0 Å². The average Bonchev–Trinajstić information content (AvgIpc) is 3.78. The van der Waals surface area contributed by atoms with E-state index in [-0.39, 0.29) is 0 Å². The maximum atomic E-state index is 10.0. The van der Waals surface area contributed by atoms with E-state index in [4.69, 9.17) is 0 Å². The van der Waals surface area contributed by atoms with Gasteiger partial charge in [0.15, 0.2) is 0 Å². The third-order valence-corrected chi connectivity index (χ3v) is 12.4. The van der Waals surface area contributed by atoms with Crippen molar-refractivity contribution in [1.29, 1.82) is 5.26 Å². The van der Waals surface area contributed by atoms with Crippen LogP contribution >= 0.6 is 22.7 Å². The van der Waals surface area contributed by atoms with Crippen LogP contribution in [0.4, 0.5) is 0 Å². The van der Waals surface area contributed by atoms with Crippen molar-refractivity contribution in [2.45, 2.75) is 0 Å². The number of hydrogen-bond donors (Lipinski definition) is 0. The highest BCUT2D eigenvalue weighted by Gasteiger charge is 2.21. The highest BCUT2D eigenvalue weighted by molar-refractivity contribution is 7.26. The van der Waals surface area contributed by atoms with Crippen molar-refractivity contribution in [1.82, 2.24) is 0 Å². The summed E-state index contributed by atoms with van der Waals surface area (Å²) in [4.78, 5) is 0. The van der Waals surface area contributed by atoms with Gasteiger partial charge in [0.05, 0.1) is 11.6 Å². The maximum Gasteiger partial charge on any atom is 0.0991 e. The lowest BCUT2D eigenvalue weighted by Gasteiger charge is -2.21. The number of nitrogens with zero attached hydrogens (tertiary/aromatic N) is 1. The Balaban J connectivity index is 1.32. The largest absolute Gasteiger partial charge is 0.192 e. The van der Waals surface area contributed by atoms with E-state index in [2.05, 4.69) is 164 Å². The molecular weight excluding hydrogens is 667 g/mol. The summed E-state index contributed by atoms with van der Waals surface area (Å²) in [7, 11) is 0. The highest BCUT2D eigenvalue weighted by atomic mass is 32.1. The summed E-state index contributed by atoms with van der Waals surface area (Å²) in [5.41, 5.74) is 12.0. The Morgan fingerprint density at radius 3 is 1.52 bits per heavy atom. The van der Waals surface area contributed by atoms with Crippen LogP contribution in [0.15, 0.2) is 176 Å². The SMILES string of the molecule is N#Cc1ccc(-c2cc(-c3ccc4sc5ccccc5c4c3)cc(-c3ccc4sc5ccccc5c4c3)c2-c2ccccc2)c(-c2ccccc2)c1. The molecule has 52 heavy (non-hydrogen) atoms. The molecule has 0 aliphatic heterocycles. The third-order valence-electron chi connectivity index (χ3n) is 10.1. The molecule has 2 aromatic heterocycles. The van der Waals surface area contributed by atoms with Crippen LogP contribution in [0.5, 0.6) is 0 Å². The van der Waals surface area contributed by atoms with E-state index >= 15 is 0 Å². The Kier molecular flexibility index (Phi) is 7.32. The van der Waals surface area contributed by atoms with Crippen LogP contribution in [-0.4, -0.2) is 0 Å². The molecule has 8 aromatic carbocycles. The second kappa shape index (κ2) is 12.5. The van der Waals surface area contributed by atoms with Gasteiger partial charge in [0.1, 0.15) is 0 Å². The summed E-state index contributed by atoms with van der Waals surface area (Å²) in [5, 5.41) is 15.2. The fraction of sp³-hybridized carbons (Fsp3) is 0. The summed E-state index contributed by atoms with van der Waals surface area (Å²) in [6.07, 6.45) is 0. The lowest BCUT2D eigenvalue weighted by atomic mass is 9.82. The molecule has 0 bridgehead atoms. The van der Waals surface area contributed by atoms with E-state index in [0.29, 0.717) is 5.56 Å². The number of fused-ring (bicyclic) bond motifs is 6. The van der Waals surface area contributed by atoms with Crippen LogP contribution in [0.1, 0.15) is 5.56 Å². The van der Waals surface area contributed by atoms with Crippen molar-refractivity contribution < 1.29 is 0 Å². The molecule has 2 heterocycles. The minimum atomic E-state index is 0.643. The van der Waals surface area contributed by atoms with E-state index in [1.54, 1.807) is 0 Å². The molecule has 0 radical (unpaired) electrons. The second-order valence-electron chi connectivity index (χ2n) is 13.2. The van der Waals surface area contributed by atoms with E-state index in [1.165, 1.54) is 62.6 Å². The van der Waals surface area contributed by atoms with Crippen LogP contribution in [0.3, 0.4) is 0 Å². The Labute approximate surface area is 309 Å². The Morgan fingerprint density at radius 2 is 0.865 bits per heavy atom. The van der Waals surface area contributed by atoms with E-state index in [0.717, 1.165) is 33.4 Å². The predicted octanol–water partition coefficient (Wildman–Crippen LogP) is 14.6. The minimum Gasteiger partial charge on any atom is -0.192 e. The second-order valence-corrected chi connectivity index (χ2v) is 15.3. The molecule has 0 atom stereocenters. The Morgan fingerprint density at radius 1 is 0.327 bits per heavy atom. The molecule has 0 N–H and O–H groups in total. The van der Waals surface area contributed by atoms with Crippen LogP contribution in [0, 0.1) is 11.3 Å². The molecule has 3 heteroatoms. The molecule has 10 aromatic rings. The Hall–Kier alpha value is -6.31. The standard InChI is InChI=1S/C49H29NS2/c50-30-31-19-22-37(40(25-31)32-11-3-1-4-12-32)44-29-36(34-20-23-47-42(26-34)38-15-7-9-17-45(38)51-47)28-41(49(44)33-13-5-2-6-14-33)35-21-24-48-43(27-35)39-16-8-10-18-46(39)52-48/h1-29H. The van der Waals surface area contributed by atoms with Gasteiger partial charge < -0.3 is 0 Å². The predicted molar refractivity (Wildman–Crippen MR) is 224 cm³/mol. The normalized spacial score (nSPS) is 11.4. The molecule has 0 unspecified atom stereocenters. The van der Waals surface area contributed by atoms with Crippen LogP contribution < -0.4 is 0 Å². The molecule has 0 aliphatic carbocycles. The Bertz CT molecular complexity index is 3020. The molecule has 0 aliphatic rings. The lowest BCUT2D eigenvalue weighted by Crippen LogP contribution is -1.95. The van der Waals surface area contributed by atoms with Gasteiger partial charge in [-0.25, -0.2) is 0 Å². The van der Waals surface area contributed by atoms with Crippen molar-refractivity contribution in [2.75, 3.05) is 0 Å². The van der Waals surface area contributed by atoms with Gasteiger partial charge in [-0.15, -0.1) is 22.7 Å². The van der Waals surface area contributed by atoms with E-state index in [9.17, 15) is 5.26 Å². The summed E-state index contributed by atoms with van der Waals surface area (Å²) >= 11 is 3.69. The van der Waals surface area contributed by atoms with Gasteiger partial charge in [0.25, 0.3) is 0 Å². The smallest absolute Gasteiger partial charge is 0.0991 e. The lowest BCUT2D eigenvalue weighted by molar-refractivity contribution is 1.48. The van der Waals surface area contributed by atoms with Gasteiger partial charge in [-0.3, -0.25) is 0 Å². The van der Waals surface area contributed by atoms with Crippen molar-refractivity contribution in [3.8, 4) is 61.7 Å². The first-order valence-corrected chi connectivity index (χ1v) is 19.0. The molecule has 10 rings (SSSR count). The number of thiophene rings is 2. The van der Waals surface area contributed by atoms with Crippen molar-refractivity contribution >= 4 is 63.0 Å². The first-order valence-electron chi connectivity index (χ1n) is 17.4. The first kappa shape index (κ1) is 30.5. The van der Waals surface area contributed by atoms with Gasteiger partial charge in [-0.1, -0.05) is 115 Å². The number of hydrogen-bond acceptors (Lipinski definition) is 3. The average molecular weight is 696 g/mol. The number of rotatable bonds is 5. The van der Waals surface area contributed by atoms with Crippen LogP contribution in [-0.2, 0) is 0 Å². The zero-order valence-electron chi connectivity index (χ0n) is 28.0. The first-order chi connectivity index (χ1) is 25.7. The molecule has 0 fully saturated rings. The quantitative estimate of drug-likeness (QED) is 0.176. The molecule has 0 amide bonds. The van der Waals surface area contributed by atoms with Crippen molar-refractivity contribution in [2.24, 2.45) is 0 Å². The minimum absolute atomic E-state index is 0.643. The summed E-state index contributed by atoms with van der Waals surface area (Å²) in [6.45, 7) is 0. The zero-order valence-corrected chi connectivity index (χ0v) is 29.6. The highest BCUT2D eigenvalue weighted by Crippen LogP contribution is 2.48. The van der Waals surface area contributed by atoms with Crippen LogP contribution in [0.25, 0.3) is 96.0 Å². The third kappa shape index (κ3) is 5.12. The van der Waals surface area contributed by atoms with Gasteiger partial charge >= 0.3 is 0 Å². The molecule has 0 saturated heterocycles. The monoisotopic (exact) mass is 695 g/mol. The molecule has 0 saturated carbocycles. The molecular formula is C49H29NS2. The fourth-order valence-corrected chi connectivity index (χ4v) is 9.84. The zero-order chi connectivity index (χ0) is 34.6. The summed E-state index contributed by atoms with van der Waals surface area (Å²) in [5.74, 6) is 0. The number of nitriles is 1. The van der Waals surface area contributed by atoms with E-state index < -0.39 is 0 Å². The van der Waals surface area contributed by atoms with Gasteiger partial charge in [0.2, 0.25) is 0 Å². The van der Waals surface area contributed by atoms with Crippen molar-refractivity contribution in [3.63, 3.8) is 0 Å². The number of benzene rings is 8. The maximum absolute atomic E-state index is 10.0. The molecule has 0 spiro atoms. The fourth-order valence-electron chi connectivity index (χ4n) is 7.67. The van der Waals surface area contributed by atoms with Crippen molar-refractivity contribution in [3.05, 3.63) is 181 Å². The topological polar surface area (TPSA) is 23.8 Å². The summed E-state index contributed by atoms with van der Waals surface area (Å²) < 4.78 is 5.18. The van der Waals surface area contributed by atoms with Gasteiger partial charge in [0, 0.05) is 40.3 Å². The molecule has 242 valence electrons. The molecule has 1 nitrogen and oxygen atoms in total. The van der Waals surface area contributed by atoms with Gasteiger partial charge in [-0.05, 0) is 116 Å².